The van der Waals surface area contributed by atoms with Crippen LogP contribution in [0.15, 0.2) is 30.3 Å². The molecule has 0 aromatic heterocycles. The molecule has 0 aliphatic carbocycles. The highest BCUT2D eigenvalue weighted by molar-refractivity contribution is 5.19. The highest BCUT2D eigenvalue weighted by Gasteiger charge is 2.14. The summed E-state index contributed by atoms with van der Waals surface area (Å²) in [6, 6.07) is 10.4. The number of ether oxygens (including phenoxy) is 1. The molecule has 90 valence electrons. The van der Waals surface area contributed by atoms with Crippen LogP contribution in [0, 0.1) is 0 Å². The molecule has 1 aromatic carbocycles. The molecule has 16 heavy (non-hydrogen) atoms. The van der Waals surface area contributed by atoms with Crippen molar-refractivity contribution in [2.45, 2.75) is 25.4 Å². The molecule has 3 nitrogen and oxygen atoms in total. The van der Waals surface area contributed by atoms with Crippen LogP contribution in [-0.2, 0) is 4.74 Å². The van der Waals surface area contributed by atoms with Crippen LogP contribution in [0.4, 0.5) is 0 Å². The van der Waals surface area contributed by atoms with Crippen molar-refractivity contribution in [1.29, 1.82) is 0 Å². The first kappa shape index (κ1) is 13.2. The predicted molar refractivity (Wildman–Crippen MR) is 65.4 cm³/mol. The van der Waals surface area contributed by atoms with Crippen LogP contribution in [0.2, 0.25) is 0 Å². The molecule has 0 heterocycles. The molecule has 2 N–H and O–H groups in total. The Morgan fingerprint density at radius 1 is 1.31 bits per heavy atom. The normalized spacial score (nSPS) is 14.7. The fourth-order valence-electron chi connectivity index (χ4n) is 1.68. The van der Waals surface area contributed by atoms with Gasteiger partial charge in [0.2, 0.25) is 0 Å². The second kappa shape index (κ2) is 7.39. The summed E-state index contributed by atoms with van der Waals surface area (Å²) in [5.74, 6) is 0. The van der Waals surface area contributed by atoms with E-state index in [4.69, 9.17) is 4.74 Å². The van der Waals surface area contributed by atoms with Crippen LogP contribution in [0.3, 0.4) is 0 Å². The summed E-state index contributed by atoms with van der Waals surface area (Å²) < 4.78 is 5.20. The molecule has 2 atom stereocenters. The van der Waals surface area contributed by atoms with Crippen molar-refractivity contribution < 1.29 is 9.84 Å². The van der Waals surface area contributed by atoms with Gasteiger partial charge in [-0.25, -0.2) is 0 Å². The molecule has 0 fully saturated rings. The van der Waals surface area contributed by atoms with Gasteiger partial charge in [0.05, 0.1) is 19.3 Å². The minimum Gasteiger partial charge on any atom is -0.395 e. The molecule has 0 bridgehead atoms. The Bertz CT molecular complexity index is 273. The zero-order valence-corrected chi connectivity index (χ0v) is 10.0. The lowest BCUT2D eigenvalue weighted by Gasteiger charge is -2.23. The number of hydrogen-bond donors (Lipinski definition) is 2. The van der Waals surface area contributed by atoms with Gasteiger partial charge in [0, 0.05) is 13.2 Å². The van der Waals surface area contributed by atoms with E-state index in [-0.39, 0.29) is 18.7 Å². The van der Waals surface area contributed by atoms with E-state index in [0.717, 1.165) is 6.42 Å². The van der Waals surface area contributed by atoms with E-state index in [9.17, 15) is 5.11 Å². The zero-order chi connectivity index (χ0) is 11.8. The summed E-state index contributed by atoms with van der Waals surface area (Å²) in [5, 5.41) is 12.6. The number of rotatable bonds is 7. The molecule has 0 aliphatic heterocycles. The van der Waals surface area contributed by atoms with Gasteiger partial charge in [0.1, 0.15) is 0 Å². The Hall–Kier alpha value is -0.900. The smallest absolute Gasteiger partial charge is 0.0657 e. The fourth-order valence-corrected chi connectivity index (χ4v) is 1.68. The quantitative estimate of drug-likeness (QED) is 0.739. The van der Waals surface area contributed by atoms with Gasteiger partial charge in [-0.05, 0) is 12.0 Å². The van der Waals surface area contributed by atoms with Gasteiger partial charge in [0.15, 0.2) is 0 Å². The van der Waals surface area contributed by atoms with E-state index in [1.54, 1.807) is 7.11 Å². The molecular formula is C13H21NO2. The van der Waals surface area contributed by atoms with E-state index in [0.29, 0.717) is 6.61 Å². The fraction of sp³-hybridized carbons (Fsp3) is 0.538. The number of nitrogens with one attached hydrogen (secondary N) is 1. The van der Waals surface area contributed by atoms with Crippen LogP contribution >= 0.6 is 0 Å². The molecule has 3 heteroatoms. The zero-order valence-electron chi connectivity index (χ0n) is 10.0. The van der Waals surface area contributed by atoms with Gasteiger partial charge in [0.25, 0.3) is 0 Å². The lowest BCUT2D eigenvalue weighted by atomic mass is 10.1. The second-order valence-corrected chi connectivity index (χ2v) is 3.87. The Morgan fingerprint density at radius 3 is 2.50 bits per heavy atom. The maximum atomic E-state index is 9.19. The first-order valence-corrected chi connectivity index (χ1v) is 5.72. The molecule has 0 aliphatic rings. The maximum absolute atomic E-state index is 9.19. The van der Waals surface area contributed by atoms with Crippen LogP contribution in [0.5, 0.6) is 0 Å². The number of aliphatic hydroxyl groups is 1. The lowest BCUT2D eigenvalue weighted by Crippen LogP contribution is -2.37. The van der Waals surface area contributed by atoms with Crippen molar-refractivity contribution in [3.63, 3.8) is 0 Å². The summed E-state index contributed by atoms with van der Waals surface area (Å²) in [5.41, 5.74) is 1.19. The topological polar surface area (TPSA) is 41.5 Å². The van der Waals surface area contributed by atoms with Crippen LogP contribution in [0.1, 0.15) is 24.9 Å². The second-order valence-electron chi connectivity index (χ2n) is 3.87. The molecular weight excluding hydrogens is 202 g/mol. The highest BCUT2D eigenvalue weighted by Crippen LogP contribution is 2.14. The molecule has 0 radical (unpaired) electrons. The molecule has 0 spiro atoms. The minimum atomic E-state index is 0.125. The third-order valence-electron chi connectivity index (χ3n) is 2.69. The van der Waals surface area contributed by atoms with Crippen molar-refractivity contribution in [3.8, 4) is 0 Å². The Kier molecular flexibility index (Phi) is 6.08. The molecule has 1 rings (SSSR count). The molecule has 1 aromatic rings. The summed E-state index contributed by atoms with van der Waals surface area (Å²) in [6.45, 7) is 2.83. The van der Waals surface area contributed by atoms with Crippen molar-refractivity contribution in [2.24, 2.45) is 0 Å². The van der Waals surface area contributed by atoms with E-state index in [1.165, 1.54) is 5.56 Å². The predicted octanol–water partition coefficient (Wildman–Crippen LogP) is 1.73. The van der Waals surface area contributed by atoms with E-state index >= 15 is 0 Å². The average Bonchev–Trinajstić information content (AvgIpc) is 2.35. The van der Waals surface area contributed by atoms with E-state index < -0.39 is 0 Å². The van der Waals surface area contributed by atoms with Gasteiger partial charge in [-0.2, -0.15) is 0 Å². The third kappa shape index (κ3) is 3.93. The standard InChI is InChI=1S/C13H21NO2/c1-3-12(9-15)14-13(10-16-2)11-7-5-4-6-8-11/h4-8,12-15H,3,9-10H2,1-2H3. The largest absolute Gasteiger partial charge is 0.395 e. The highest BCUT2D eigenvalue weighted by atomic mass is 16.5. The van der Waals surface area contributed by atoms with Gasteiger partial charge < -0.3 is 15.2 Å². The number of hydrogen-bond acceptors (Lipinski definition) is 3. The average molecular weight is 223 g/mol. The molecule has 0 saturated carbocycles. The molecule has 0 amide bonds. The van der Waals surface area contributed by atoms with E-state index in [1.807, 2.05) is 18.2 Å². The lowest BCUT2D eigenvalue weighted by molar-refractivity contribution is 0.147. The van der Waals surface area contributed by atoms with Crippen LogP contribution in [0.25, 0.3) is 0 Å². The minimum absolute atomic E-state index is 0.125. The third-order valence-corrected chi connectivity index (χ3v) is 2.69. The number of aliphatic hydroxyl groups excluding tert-OH is 1. The van der Waals surface area contributed by atoms with Crippen molar-refractivity contribution >= 4 is 0 Å². The first-order valence-electron chi connectivity index (χ1n) is 5.72. The number of benzene rings is 1. The number of methoxy groups -OCH3 is 1. The Balaban J connectivity index is 2.67. The van der Waals surface area contributed by atoms with Crippen molar-refractivity contribution in [2.75, 3.05) is 20.3 Å². The van der Waals surface area contributed by atoms with Gasteiger partial charge in [-0.1, -0.05) is 37.3 Å². The molecule has 0 saturated heterocycles. The Labute approximate surface area is 97.4 Å². The summed E-state index contributed by atoms with van der Waals surface area (Å²) in [7, 11) is 1.69. The van der Waals surface area contributed by atoms with Gasteiger partial charge >= 0.3 is 0 Å². The van der Waals surface area contributed by atoms with Crippen LogP contribution in [-0.4, -0.2) is 31.5 Å². The van der Waals surface area contributed by atoms with Gasteiger partial charge in [-0.15, -0.1) is 0 Å². The Morgan fingerprint density at radius 2 is 2.00 bits per heavy atom. The van der Waals surface area contributed by atoms with Gasteiger partial charge in [-0.3, -0.25) is 0 Å². The van der Waals surface area contributed by atoms with E-state index in [2.05, 4.69) is 24.4 Å². The first-order chi connectivity index (χ1) is 7.81. The summed E-state index contributed by atoms with van der Waals surface area (Å²) in [6.07, 6.45) is 0.906. The SMILES string of the molecule is CCC(CO)NC(COC)c1ccccc1. The summed E-state index contributed by atoms with van der Waals surface area (Å²) in [4.78, 5) is 0. The van der Waals surface area contributed by atoms with Crippen LogP contribution < -0.4 is 5.32 Å². The van der Waals surface area contributed by atoms with Crippen molar-refractivity contribution in [3.05, 3.63) is 35.9 Å². The monoisotopic (exact) mass is 223 g/mol. The van der Waals surface area contributed by atoms with Crippen molar-refractivity contribution in [1.82, 2.24) is 5.32 Å². The summed E-state index contributed by atoms with van der Waals surface area (Å²) >= 11 is 0. The maximum Gasteiger partial charge on any atom is 0.0657 e. The molecule has 2 unspecified atom stereocenters.